The molecule has 1 aromatic carbocycles. The van der Waals surface area contributed by atoms with E-state index in [4.69, 9.17) is 10.5 Å². The summed E-state index contributed by atoms with van der Waals surface area (Å²) in [5.41, 5.74) is 6.89. The fraction of sp³-hybridized carbons (Fsp3) is 0.467. The van der Waals surface area contributed by atoms with E-state index in [-0.39, 0.29) is 36.9 Å². The third-order valence-electron chi connectivity index (χ3n) is 4.12. The topological polar surface area (TPSA) is 84.7 Å². The Bertz CT molecular complexity index is 593. The molecule has 0 saturated carbocycles. The molecule has 1 fully saturated rings. The van der Waals surface area contributed by atoms with Crippen LogP contribution in [0.2, 0.25) is 0 Å². The molecule has 2 atom stereocenters. The molecule has 2 unspecified atom stereocenters. The normalized spacial score (nSPS) is 23.2. The van der Waals surface area contributed by atoms with Crippen molar-refractivity contribution in [2.45, 2.75) is 19.4 Å². The number of amides is 2. The standard InChI is InChI=1S/C15H19N3O3.ClH/c1-9-4-10(6-16)7-18(9)15(20)11-2-3-12-13(5-11)21-8-14(19)17-12;/h2-3,5,9-10H,4,6-8,16H2,1H3,(H,17,19);1H. The van der Waals surface area contributed by atoms with Gasteiger partial charge in [0, 0.05) is 18.2 Å². The second-order valence-electron chi connectivity index (χ2n) is 5.69. The van der Waals surface area contributed by atoms with Gasteiger partial charge in [-0.25, -0.2) is 0 Å². The monoisotopic (exact) mass is 325 g/mol. The minimum Gasteiger partial charge on any atom is -0.482 e. The van der Waals surface area contributed by atoms with Crippen LogP contribution in [-0.2, 0) is 4.79 Å². The van der Waals surface area contributed by atoms with Crippen molar-refractivity contribution in [1.29, 1.82) is 0 Å². The van der Waals surface area contributed by atoms with Crippen LogP contribution >= 0.6 is 12.4 Å². The second kappa shape index (κ2) is 6.54. The highest BCUT2D eigenvalue weighted by Crippen LogP contribution is 2.30. The van der Waals surface area contributed by atoms with Crippen molar-refractivity contribution in [2.24, 2.45) is 11.7 Å². The summed E-state index contributed by atoms with van der Waals surface area (Å²) in [6, 6.07) is 5.32. The predicted octanol–water partition coefficient (Wildman–Crippen LogP) is 1.25. The number of hydrogen-bond donors (Lipinski definition) is 2. The highest BCUT2D eigenvalue weighted by molar-refractivity contribution is 5.99. The lowest BCUT2D eigenvalue weighted by Crippen LogP contribution is -2.34. The van der Waals surface area contributed by atoms with Crippen LogP contribution in [0.25, 0.3) is 0 Å². The lowest BCUT2D eigenvalue weighted by Gasteiger charge is -2.23. The number of fused-ring (bicyclic) bond motifs is 1. The van der Waals surface area contributed by atoms with Gasteiger partial charge in [-0.05, 0) is 44.0 Å². The molecule has 1 aromatic rings. The van der Waals surface area contributed by atoms with Gasteiger partial charge < -0.3 is 20.7 Å². The minimum atomic E-state index is -0.180. The maximum Gasteiger partial charge on any atom is 0.262 e. The van der Waals surface area contributed by atoms with Gasteiger partial charge >= 0.3 is 0 Å². The maximum absolute atomic E-state index is 12.6. The van der Waals surface area contributed by atoms with Gasteiger partial charge in [-0.1, -0.05) is 0 Å². The molecule has 2 heterocycles. The van der Waals surface area contributed by atoms with Crippen molar-refractivity contribution in [1.82, 2.24) is 4.90 Å². The number of halogens is 1. The third kappa shape index (κ3) is 3.03. The van der Waals surface area contributed by atoms with Gasteiger partial charge in [0.05, 0.1) is 5.69 Å². The Morgan fingerprint density at radius 3 is 2.95 bits per heavy atom. The molecular weight excluding hydrogens is 306 g/mol. The number of ether oxygens (including phenoxy) is 1. The molecule has 120 valence electrons. The summed E-state index contributed by atoms with van der Waals surface area (Å²) in [4.78, 5) is 25.7. The summed E-state index contributed by atoms with van der Waals surface area (Å²) in [6.07, 6.45) is 0.944. The van der Waals surface area contributed by atoms with Gasteiger partial charge in [0.2, 0.25) is 0 Å². The average molecular weight is 326 g/mol. The van der Waals surface area contributed by atoms with Crippen molar-refractivity contribution in [2.75, 3.05) is 25.0 Å². The van der Waals surface area contributed by atoms with Crippen LogP contribution < -0.4 is 15.8 Å². The molecule has 2 aliphatic heterocycles. The number of rotatable bonds is 2. The summed E-state index contributed by atoms with van der Waals surface area (Å²) in [6.45, 7) is 3.33. The molecule has 6 nitrogen and oxygen atoms in total. The molecule has 2 amide bonds. The molecule has 1 saturated heterocycles. The van der Waals surface area contributed by atoms with Crippen LogP contribution in [-0.4, -0.2) is 42.5 Å². The molecule has 0 spiro atoms. The van der Waals surface area contributed by atoms with E-state index in [1.807, 2.05) is 11.8 Å². The first kappa shape index (κ1) is 16.6. The fourth-order valence-corrected chi connectivity index (χ4v) is 2.97. The molecule has 3 rings (SSSR count). The Kier molecular flexibility index (Phi) is 4.93. The average Bonchev–Trinajstić information content (AvgIpc) is 2.87. The van der Waals surface area contributed by atoms with E-state index >= 15 is 0 Å². The number of nitrogens with zero attached hydrogens (tertiary/aromatic N) is 1. The van der Waals surface area contributed by atoms with Gasteiger partial charge in [-0.15, -0.1) is 12.4 Å². The van der Waals surface area contributed by atoms with E-state index in [0.29, 0.717) is 36.0 Å². The molecule has 0 bridgehead atoms. The van der Waals surface area contributed by atoms with Gasteiger partial charge in [0.1, 0.15) is 5.75 Å². The zero-order chi connectivity index (χ0) is 15.0. The van der Waals surface area contributed by atoms with Gasteiger partial charge in [-0.2, -0.15) is 0 Å². The summed E-state index contributed by atoms with van der Waals surface area (Å²) < 4.78 is 5.36. The zero-order valence-corrected chi connectivity index (χ0v) is 13.2. The molecule has 7 heteroatoms. The minimum absolute atomic E-state index is 0. The largest absolute Gasteiger partial charge is 0.482 e. The Balaban J connectivity index is 0.00000176. The molecule has 0 aromatic heterocycles. The van der Waals surface area contributed by atoms with Crippen molar-refractivity contribution < 1.29 is 14.3 Å². The predicted molar refractivity (Wildman–Crippen MR) is 85.5 cm³/mol. The Labute approximate surface area is 135 Å². The zero-order valence-electron chi connectivity index (χ0n) is 12.4. The van der Waals surface area contributed by atoms with Crippen LogP contribution in [0.5, 0.6) is 5.75 Å². The van der Waals surface area contributed by atoms with Gasteiger partial charge in [0.25, 0.3) is 11.8 Å². The highest BCUT2D eigenvalue weighted by atomic mass is 35.5. The van der Waals surface area contributed by atoms with Crippen LogP contribution in [0.3, 0.4) is 0 Å². The van der Waals surface area contributed by atoms with Crippen molar-refractivity contribution in [3.8, 4) is 5.75 Å². The SMILES string of the molecule is CC1CC(CN)CN1C(=O)c1ccc2c(c1)OCC(=O)N2.Cl. The van der Waals surface area contributed by atoms with Gasteiger partial charge in [-0.3, -0.25) is 9.59 Å². The number of nitrogens with two attached hydrogens (primary N) is 1. The van der Waals surface area contributed by atoms with Crippen LogP contribution in [0, 0.1) is 5.92 Å². The summed E-state index contributed by atoms with van der Waals surface area (Å²) in [5.74, 6) is 0.724. The van der Waals surface area contributed by atoms with Crippen molar-refractivity contribution in [3.63, 3.8) is 0 Å². The van der Waals surface area contributed by atoms with Crippen molar-refractivity contribution in [3.05, 3.63) is 23.8 Å². The number of hydrogen-bond acceptors (Lipinski definition) is 4. The molecule has 22 heavy (non-hydrogen) atoms. The van der Waals surface area contributed by atoms with Crippen LogP contribution in [0.4, 0.5) is 5.69 Å². The lowest BCUT2D eigenvalue weighted by molar-refractivity contribution is -0.118. The smallest absolute Gasteiger partial charge is 0.262 e. The number of carbonyl (C=O) groups is 2. The van der Waals surface area contributed by atoms with E-state index in [1.165, 1.54) is 0 Å². The van der Waals surface area contributed by atoms with E-state index in [0.717, 1.165) is 6.42 Å². The number of anilines is 1. The first-order valence-electron chi connectivity index (χ1n) is 7.16. The Morgan fingerprint density at radius 1 is 1.50 bits per heavy atom. The Hall–Kier alpha value is -1.79. The first-order valence-corrected chi connectivity index (χ1v) is 7.16. The molecular formula is C15H20ClN3O3. The number of benzene rings is 1. The molecule has 0 aliphatic carbocycles. The summed E-state index contributed by atoms with van der Waals surface area (Å²) >= 11 is 0. The van der Waals surface area contributed by atoms with Crippen LogP contribution in [0.1, 0.15) is 23.7 Å². The fourth-order valence-electron chi connectivity index (χ4n) is 2.97. The maximum atomic E-state index is 12.6. The number of nitrogens with one attached hydrogen (secondary N) is 1. The first-order chi connectivity index (χ1) is 10.1. The van der Waals surface area contributed by atoms with E-state index < -0.39 is 0 Å². The lowest BCUT2D eigenvalue weighted by atomic mass is 10.1. The van der Waals surface area contributed by atoms with E-state index in [1.54, 1.807) is 18.2 Å². The number of likely N-dealkylation sites (tertiary alicyclic amines) is 1. The number of carbonyl (C=O) groups excluding carboxylic acids is 2. The quantitative estimate of drug-likeness (QED) is 0.857. The van der Waals surface area contributed by atoms with E-state index in [9.17, 15) is 9.59 Å². The molecule has 0 radical (unpaired) electrons. The molecule has 3 N–H and O–H groups in total. The molecule has 2 aliphatic rings. The second-order valence-corrected chi connectivity index (χ2v) is 5.69. The highest BCUT2D eigenvalue weighted by Gasteiger charge is 2.32. The van der Waals surface area contributed by atoms with E-state index in [2.05, 4.69) is 5.32 Å². The summed E-state index contributed by atoms with van der Waals surface area (Å²) in [7, 11) is 0. The third-order valence-corrected chi connectivity index (χ3v) is 4.12. The Morgan fingerprint density at radius 2 is 2.27 bits per heavy atom. The summed E-state index contributed by atoms with van der Waals surface area (Å²) in [5, 5.41) is 2.72. The van der Waals surface area contributed by atoms with Gasteiger partial charge in [0.15, 0.2) is 6.61 Å². The van der Waals surface area contributed by atoms with Crippen LogP contribution in [0.15, 0.2) is 18.2 Å². The van der Waals surface area contributed by atoms with Crippen molar-refractivity contribution >= 4 is 29.9 Å².